The van der Waals surface area contributed by atoms with Gasteiger partial charge in [-0.15, -0.1) is 12.3 Å². The van der Waals surface area contributed by atoms with Gasteiger partial charge in [-0.3, -0.25) is 14.5 Å². The predicted octanol–water partition coefficient (Wildman–Crippen LogP) is 5.73. The third-order valence-electron chi connectivity index (χ3n) is 14.6. The molecule has 1 unspecified atom stereocenters. The van der Waals surface area contributed by atoms with Crippen LogP contribution >= 0.6 is 0 Å². The molecule has 65 heavy (non-hydrogen) atoms. The van der Waals surface area contributed by atoms with Crippen LogP contribution in [-0.4, -0.2) is 144 Å². The van der Waals surface area contributed by atoms with Crippen LogP contribution in [0, 0.1) is 41.9 Å². The lowest BCUT2D eigenvalue weighted by Crippen LogP contribution is -2.61. The zero-order valence-electron chi connectivity index (χ0n) is 41.5. The second-order valence-electron chi connectivity index (χ2n) is 19.9. The van der Waals surface area contributed by atoms with Crippen molar-refractivity contribution in [3.05, 3.63) is 12.2 Å². The number of hydrogen-bond acceptors (Lipinski definition) is 16. The molecule has 0 aromatic rings. The molecule has 0 saturated carbocycles. The number of likely N-dealkylation sites (N-methyl/N-ethyl adjacent to an activating group) is 1. The SMILES string of the molecule is C#CCCN(C)[C@H]1C[C@@H](C)O[C@@H](O[C@@H]2[C@@H](C)C(O[C@H]3C[C@@](C)(OC)[C@@H](OC(C)=O)[C@H](C)O3)[C@@H](C)C(=O)O[C@H](CC)[C@@](C)(O)[C@@H]3CCC(=C)CO[C@]2(C)C[C@@H](C)/C(=N\OC(C)=O)[C@@H]3C)[C@@H]1O. The third-order valence-corrected chi connectivity index (χ3v) is 14.6. The number of fused-ring (bicyclic) bond motifs is 5. The van der Waals surface area contributed by atoms with E-state index in [0.29, 0.717) is 37.9 Å². The van der Waals surface area contributed by atoms with E-state index in [4.69, 9.17) is 49.2 Å². The summed E-state index contributed by atoms with van der Waals surface area (Å²) in [5.41, 5.74) is -2.67. The van der Waals surface area contributed by atoms with Crippen molar-refractivity contribution in [2.45, 2.75) is 206 Å². The van der Waals surface area contributed by atoms with Crippen molar-refractivity contribution in [1.82, 2.24) is 4.90 Å². The molecule has 4 fully saturated rings. The fourth-order valence-electron chi connectivity index (χ4n) is 10.9. The van der Waals surface area contributed by atoms with Gasteiger partial charge in [-0.1, -0.05) is 45.0 Å². The molecule has 0 aromatic carbocycles. The van der Waals surface area contributed by atoms with E-state index in [1.165, 1.54) is 21.0 Å². The van der Waals surface area contributed by atoms with Crippen LogP contribution in [0.25, 0.3) is 0 Å². The van der Waals surface area contributed by atoms with Crippen LogP contribution in [-0.2, 0) is 57.1 Å². The maximum absolute atomic E-state index is 14.8. The van der Waals surface area contributed by atoms with Crippen LogP contribution < -0.4 is 0 Å². The van der Waals surface area contributed by atoms with Gasteiger partial charge < -0.3 is 52.9 Å². The van der Waals surface area contributed by atoms with Crippen molar-refractivity contribution in [2.75, 3.05) is 27.3 Å². The van der Waals surface area contributed by atoms with Crippen molar-refractivity contribution in [2.24, 2.45) is 34.7 Å². The number of aliphatic hydroxyl groups is 2. The highest BCUT2D eigenvalue weighted by atomic mass is 16.7. The molecule has 4 heterocycles. The van der Waals surface area contributed by atoms with Crippen molar-refractivity contribution in [3.8, 4) is 12.3 Å². The monoisotopic (exact) mass is 921 g/mol. The first kappa shape index (κ1) is 54.6. The van der Waals surface area contributed by atoms with E-state index in [0.717, 1.165) is 5.57 Å². The Labute approximate surface area is 387 Å². The summed E-state index contributed by atoms with van der Waals surface area (Å²) in [6.07, 6.45) is 0.0153. The average Bonchev–Trinajstić information content (AvgIpc) is 3.24. The summed E-state index contributed by atoms with van der Waals surface area (Å²) in [5.74, 6) is -2.31. The first-order chi connectivity index (χ1) is 30.3. The normalized spacial score (nSPS) is 43.1. The van der Waals surface area contributed by atoms with Crippen LogP contribution in [0.2, 0.25) is 0 Å². The second-order valence-corrected chi connectivity index (χ2v) is 19.9. The molecule has 0 spiro atoms. The predicted molar refractivity (Wildman–Crippen MR) is 242 cm³/mol. The molecule has 4 aliphatic rings. The minimum Gasteiger partial charge on any atom is -0.459 e. The van der Waals surface area contributed by atoms with Crippen LogP contribution in [0.4, 0.5) is 0 Å². The van der Waals surface area contributed by atoms with Crippen molar-refractivity contribution in [3.63, 3.8) is 0 Å². The quantitative estimate of drug-likeness (QED) is 0.0840. The number of esters is 2. The van der Waals surface area contributed by atoms with Crippen LogP contribution in [0.1, 0.15) is 128 Å². The lowest BCUT2D eigenvalue weighted by atomic mass is 9.68. The molecule has 4 saturated heterocycles. The summed E-state index contributed by atoms with van der Waals surface area (Å²) in [6, 6.07) is -0.375. The lowest BCUT2D eigenvalue weighted by Gasteiger charge is -2.50. The third kappa shape index (κ3) is 13.0. The molecule has 0 aromatic heterocycles. The minimum atomic E-state index is -1.60. The van der Waals surface area contributed by atoms with Gasteiger partial charge in [-0.2, -0.15) is 0 Å². The molecule has 16 heteroatoms. The Kier molecular flexibility index (Phi) is 19.2. The fraction of sp³-hybridized carbons (Fsp3) is 0.837. The highest BCUT2D eigenvalue weighted by Crippen LogP contribution is 2.45. The number of ether oxygens (including phenoxy) is 8. The number of rotatable bonds is 11. The van der Waals surface area contributed by atoms with E-state index in [9.17, 15) is 24.6 Å². The first-order valence-electron chi connectivity index (χ1n) is 23.5. The van der Waals surface area contributed by atoms with Crippen LogP contribution in [0.3, 0.4) is 0 Å². The smallest absolute Gasteiger partial charge is 0.331 e. The van der Waals surface area contributed by atoms with E-state index in [1.54, 1.807) is 20.8 Å². The number of cyclic esters (lactones) is 1. The molecule has 2 bridgehead atoms. The Morgan fingerprint density at radius 1 is 1.02 bits per heavy atom. The van der Waals surface area contributed by atoms with Gasteiger partial charge in [0.05, 0.1) is 48.3 Å². The number of carbonyl (C=O) groups excluding carboxylic acids is 3. The van der Waals surface area contributed by atoms with E-state index >= 15 is 0 Å². The molecule has 16 nitrogen and oxygen atoms in total. The maximum Gasteiger partial charge on any atom is 0.331 e. The Balaban J connectivity index is 1.99. The zero-order chi connectivity index (χ0) is 48.8. The van der Waals surface area contributed by atoms with Crippen molar-refractivity contribution in [1.29, 1.82) is 0 Å². The topological polar surface area (TPSA) is 190 Å². The van der Waals surface area contributed by atoms with Gasteiger partial charge in [0.2, 0.25) is 0 Å². The number of aliphatic hydroxyl groups excluding tert-OH is 1. The summed E-state index contributed by atoms with van der Waals surface area (Å²) < 4.78 is 52.3. The summed E-state index contributed by atoms with van der Waals surface area (Å²) in [6.45, 7) is 26.1. The van der Waals surface area contributed by atoms with Gasteiger partial charge >= 0.3 is 17.9 Å². The Morgan fingerprint density at radius 2 is 1.69 bits per heavy atom. The number of hydrogen-bond donors (Lipinski definition) is 2. The first-order valence-corrected chi connectivity index (χ1v) is 23.5. The highest BCUT2D eigenvalue weighted by molar-refractivity contribution is 5.89. The van der Waals surface area contributed by atoms with E-state index in [-0.39, 0.29) is 38.0 Å². The van der Waals surface area contributed by atoms with Crippen molar-refractivity contribution < 1.29 is 67.3 Å². The highest BCUT2D eigenvalue weighted by Gasteiger charge is 2.55. The summed E-state index contributed by atoms with van der Waals surface area (Å²) in [5, 5.41) is 29.3. The lowest BCUT2D eigenvalue weighted by molar-refractivity contribution is -0.321. The molecule has 0 aliphatic carbocycles. The van der Waals surface area contributed by atoms with E-state index in [2.05, 4.69) is 17.7 Å². The molecule has 0 radical (unpaired) electrons. The van der Waals surface area contributed by atoms with E-state index in [1.807, 2.05) is 60.4 Å². The summed E-state index contributed by atoms with van der Waals surface area (Å²) in [7, 11) is 3.44. The summed E-state index contributed by atoms with van der Waals surface area (Å²) in [4.78, 5) is 46.8. The summed E-state index contributed by atoms with van der Waals surface area (Å²) >= 11 is 0. The fourth-order valence-corrected chi connectivity index (χ4v) is 10.9. The Morgan fingerprint density at radius 3 is 2.29 bits per heavy atom. The van der Waals surface area contributed by atoms with Gasteiger partial charge in [0.25, 0.3) is 0 Å². The van der Waals surface area contributed by atoms with Gasteiger partial charge in [-0.25, -0.2) is 4.79 Å². The Bertz CT molecular complexity index is 1720. The molecule has 2 N–H and O–H groups in total. The van der Waals surface area contributed by atoms with Crippen molar-refractivity contribution >= 4 is 23.6 Å². The zero-order valence-corrected chi connectivity index (χ0v) is 41.5. The molecule has 370 valence electrons. The maximum atomic E-state index is 14.8. The number of carbonyl (C=O) groups is 3. The molecule has 0 amide bonds. The standard InChI is InChI=1S/C49H80N2O14/c1-17-19-22-51(15)37-23-29(5)59-46(41(37)54)64-43-31(7)42(63-39-25-47(12,57-16)44(33(9)60-39)61-34(10)52)32(8)45(55)62-38(18-2)49(14,56)36-21-20-27(3)26-58-48(43,13)24-28(4)40(30(36)6)50-65-35(11)53/h1,28-33,36-39,41-44,46,54,56H,3,18-26H2,2,4-16H3/b50-40+/t28-,29-,30-,31+,32-,33+,36-,37+,38-,39+,41-,42?,43-,44+,46+,47-,48-,49+/m1/s1. The van der Waals surface area contributed by atoms with Gasteiger partial charge in [0.1, 0.15) is 23.4 Å². The number of terminal acetylenes is 1. The number of oxime groups is 1. The molecule has 4 aliphatic heterocycles. The molecule has 18 atom stereocenters. The van der Waals surface area contributed by atoms with Gasteiger partial charge in [0, 0.05) is 64.1 Å². The molecular formula is C49H80N2O14. The number of nitrogens with zero attached hydrogens (tertiary/aromatic N) is 2. The van der Waals surface area contributed by atoms with Gasteiger partial charge in [0.15, 0.2) is 18.7 Å². The molecular weight excluding hydrogens is 841 g/mol. The van der Waals surface area contributed by atoms with Gasteiger partial charge in [-0.05, 0) is 86.6 Å². The minimum absolute atomic E-state index is 0.109. The number of methoxy groups -OCH3 is 1. The van der Waals surface area contributed by atoms with Crippen LogP contribution in [0.15, 0.2) is 17.3 Å². The average molecular weight is 921 g/mol. The van der Waals surface area contributed by atoms with E-state index < -0.39 is 114 Å². The molecule has 4 rings (SSSR count). The second kappa shape index (κ2) is 22.9. The van der Waals surface area contributed by atoms with Crippen LogP contribution in [0.5, 0.6) is 0 Å². The largest absolute Gasteiger partial charge is 0.459 e. The Hall–Kier alpha value is -2.98.